The fourth-order valence-electron chi connectivity index (χ4n) is 2.29. The summed E-state index contributed by atoms with van der Waals surface area (Å²) in [5.74, 6) is -1.04. The minimum Gasteiger partial charge on any atom is -0.502 e. The molecule has 0 spiro atoms. The van der Waals surface area contributed by atoms with Crippen molar-refractivity contribution in [3.8, 4) is 11.5 Å². The molecule has 5 nitrogen and oxygen atoms in total. The van der Waals surface area contributed by atoms with Crippen LogP contribution in [0.1, 0.15) is 0 Å². The molecule has 94 valence electrons. The molecule has 0 aliphatic heterocycles. The number of benzene rings is 3. The van der Waals surface area contributed by atoms with Gasteiger partial charge in [-0.15, -0.1) is 0 Å². The Bertz CT molecular complexity index is 826. The Morgan fingerprint density at radius 2 is 1.68 bits per heavy atom. The smallest absolute Gasteiger partial charge is 0.352 e. The Morgan fingerprint density at radius 1 is 0.947 bits per heavy atom. The van der Waals surface area contributed by atoms with Crippen LogP contribution in [-0.4, -0.2) is 15.1 Å². The molecular weight excluding hydrogens is 246 g/mol. The average molecular weight is 255 g/mol. The summed E-state index contributed by atoms with van der Waals surface area (Å²) in [6.45, 7) is 0. The fraction of sp³-hybridized carbons (Fsp3) is 0. The van der Waals surface area contributed by atoms with Crippen LogP contribution in [0.25, 0.3) is 21.5 Å². The molecule has 0 heterocycles. The predicted molar refractivity (Wildman–Crippen MR) is 71.4 cm³/mol. The van der Waals surface area contributed by atoms with Gasteiger partial charge in [-0.3, -0.25) is 10.1 Å². The third kappa shape index (κ3) is 1.55. The molecule has 0 aromatic heterocycles. The van der Waals surface area contributed by atoms with Gasteiger partial charge in [-0.25, -0.2) is 0 Å². The van der Waals surface area contributed by atoms with Gasteiger partial charge in [0.2, 0.25) is 5.75 Å². The van der Waals surface area contributed by atoms with Gasteiger partial charge in [-0.1, -0.05) is 30.3 Å². The van der Waals surface area contributed by atoms with E-state index in [0.29, 0.717) is 10.8 Å². The lowest BCUT2D eigenvalue weighted by atomic mass is 10.0. The van der Waals surface area contributed by atoms with Crippen LogP contribution in [0.4, 0.5) is 5.69 Å². The molecule has 0 saturated heterocycles. The number of phenols is 2. The number of nitrogens with zero attached hydrogens (tertiary/aromatic N) is 1. The second-order valence-electron chi connectivity index (χ2n) is 4.23. The van der Waals surface area contributed by atoms with Crippen molar-refractivity contribution in [3.63, 3.8) is 0 Å². The van der Waals surface area contributed by atoms with Crippen LogP contribution < -0.4 is 0 Å². The molecule has 0 radical (unpaired) electrons. The molecule has 3 aromatic carbocycles. The number of phenolic OH excluding ortho intramolecular Hbond substituents is 2. The summed E-state index contributed by atoms with van der Waals surface area (Å²) in [5, 5.41) is 33.2. The lowest BCUT2D eigenvalue weighted by molar-refractivity contribution is -0.386. The van der Waals surface area contributed by atoms with Crippen molar-refractivity contribution in [1.29, 1.82) is 0 Å². The highest BCUT2D eigenvalue weighted by atomic mass is 16.6. The maximum atomic E-state index is 10.8. The summed E-state index contributed by atoms with van der Waals surface area (Å²) < 4.78 is 0. The van der Waals surface area contributed by atoms with Crippen LogP contribution in [-0.2, 0) is 0 Å². The zero-order chi connectivity index (χ0) is 13.6. The van der Waals surface area contributed by atoms with E-state index in [0.717, 1.165) is 10.8 Å². The summed E-state index contributed by atoms with van der Waals surface area (Å²) in [5.41, 5.74) is -0.664. The SMILES string of the molecule is O=[N+]([O-])c1c(O)cc2c(ccc3ccccc32)c1O. The molecular formula is C14H9NO4. The molecule has 19 heavy (non-hydrogen) atoms. The minimum absolute atomic E-state index is 0.350. The van der Waals surface area contributed by atoms with E-state index < -0.39 is 22.1 Å². The van der Waals surface area contributed by atoms with Crippen molar-refractivity contribution < 1.29 is 15.1 Å². The summed E-state index contributed by atoms with van der Waals surface area (Å²) in [6.07, 6.45) is 0. The molecule has 2 N–H and O–H groups in total. The van der Waals surface area contributed by atoms with E-state index in [4.69, 9.17) is 0 Å². The highest BCUT2D eigenvalue weighted by Gasteiger charge is 2.23. The van der Waals surface area contributed by atoms with Gasteiger partial charge in [0.25, 0.3) is 0 Å². The zero-order valence-electron chi connectivity index (χ0n) is 9.70. The van der Waals surface area contributed by atoms with Crippen LogP contribution in [0.15, 0.2) is 42.5 Å². The molecule has 0 unspecified atom stereocenters. The topological polar surface area (TPSA) is 83.6 Å². The van der Waals surface area contributed by atoms with E-state index >= 15 is 0 Å². The number of hydrogen-bond acceptors (Lipinski definition) is 4. The summed E-state index contributed by atoms with van der Waals surface area (Å²) >= 11 is 0. The molecule has 3 rings (SSSR count). The van der Waals surface area contributed by atoms with Gasteiger partial charge in [0.1, 0.15) is 0 Å². The van der Waals surface area contributed by atoms with Crippen LogP contribution in [0, 0.1) is 10.1 Å². The van der Waals surface area contributed by atoms with Gasteiger partial charge in [-0.05, 0) is 28.3 Å². The molecule has 0 aliphatic rings. The summed E-state index contributed by atoms with van der Waals surface area (Å²) in [7, 11) is 0. The molecule has 3 aromatic rings. The van der Waals surface area contributed by atoms with Crippen LogP contribution in [0.2, 0.25) is 0 Å². The molecule has 0 saturated carbocycles. The van der Waals surface area contributed by atoms with Gasteiger partial charge < -0.3 is 10.2 Å². The van der Waals surface area contributed by atoms with E-state index in [1.54, 1.807) is 12.1 Å². The Kier molecular flexibility index (Phi) is 2.28. The highest BCUT2D eigenvalue weighted by Crippen LogP contribution is 2.43. The highest BCUT2D eigenvalue weighted by molar-refractivity contribution is 6.11. The average Bonchev–Trinajstić information content (AvgIpc) is 2.38. The normalized spacial score (nSPS) is 10.9. The molecule has 0 aliphatic carbocycles. The van der Waals surface area contributed by atoms with Crippen LogP contribution in [0.5, 0.6) is 11.5 Å². The van der Waals surface area contributed by atoms with Gasteiger partial charge >= 0.3 is 5.69 Å². The maximum absolute atomic E-state index is 10.8. The van der Waals surface area contributed by atoms with Crippen molar-refractivity contribution >= 4 is 27.2 Å². The van der Waals surface area contributed by atoms with E-state index in [1.807, 2.05) is 24.3 Å². The van der Waals surface area contributed by atoms with Crippen molar-refractivity contribution in [2.75, 3.05) is 0 Å². The van der Waals surface area contributed by atoms with Gasteiger partial charge in [0.15, 0.2) is 5.75 Å². The largest absolute Gasteiger partial charge is 0.502 e. The van der Waals surface area contributed by atoms with Crippen molar-refractivity contribution in [2.24, 2.45) is 0 Å². The second-order valence-corrected chi connectivity index (χ2v) is 4.23. The Labute approximate surface area is 107 Å². The first-order valence-corrected chi connectivity index (χ1v) is 5.60. The lowest BCUT2D eigenvalue weighted by Gasteiger charge is -2.07. The third-order valence-electron chi connectivity index (χ3n) is 3.16. The van der Waals surface area contributed by atoms with Gasteiger partial charge in [-0.2, -0.15) is 0 Å². The number of aromatic hydroxyl groups is 2. The first-order chi connectivity index (χ1) is 9.09. The van der Waals surface area contributed by atoms with Crippen molar-refractivity contribution in [1.82, 2.24) is 0 Å². The number of nitro groups is 1. The Balaban J connectivity index is 2.53. The summed E-state index contributed by atoms with van der Waals surface area (Å²) in [4.78, 5) is 10.0. The predicted octanol–water partition coefficient (Wildman–Crippen LogP) is 3.31. The monoisotopic (exact) mass is 255 g/mol. The molecule has 5 heteroatoms. The number of fused-ring (bicyclic) bond motifs is 3. The quantitative estimate of drug-likeness (QED) is 0.397. The van der Waals surface area contributed by atoms with Crippen molar-refractivity contribution in [2.45, 2.75) is 0 Å². The number of hydrogen-bond donors (Lipinski definition) is 2. The number of nitro benzene ring substituents is 1. The zero-order valence-corrected chi connectivity index (χ0v) is 9.70. The summed E-state index contributed by atoms with van der Waals surface area (Å²) in [6, 6.07) is 12.1. The molecule has 0 atom stereocenters. The first kappa shape index (κ1) is 11.3. The van der Waals surface area contributed by atoms with Crippen molar-refractivity contribution in [3.05, 3.63) is 52.6 Å². The maximum Gasteiger partial charge on any atom is 0.352 e. The molecule has 0 bridgehead atoms. The van der Waals surface area contributed by atoms with Crippen LogP contribution >= 0.6 is 0 Å². The minimum atomic E-state index is -0.792. The fourth-order valence-corrected chi connectivity index (χ4v) is 2.29. The number of rotatable bonds is 1. The van der Waals surface area contributed by atoms with Gasteiger partial charge in [0.05, 0.1) is 4.92 Å². The lowest BCUT2D eigenvalue weighted by Crippen LogP contribution is -1.90. The Hall–Kier alpha value is -2.82. The van der Waals surface area contributed by atoms with E-state index in [2.05, 4.69) is 0 Å². The molecule has 0 amide bonds. The van der Waals surface area contributed by atoms with Crippen LogP contribution in [0.3, 0.4) is 0 Å². The van der Waals surface area contributed by atoms with E-state index in [1.165, 1.54) is 6.07 Å². The first-order valence-electron chi connectivity index (χ1n) is 5.60. The van der Waals surface area contributed by atoms with E-state index in [9.17, 15) is 20.3 Å². The second kappa shape index (κ2) is 3.84. The third-order valence-corrected chi connectivity index (χ3v) is 3.16. The van der Waals surface area contributed by atoms with E-state index in [-0.39, 0.29) is 0 Å². The molecule has 0 fully saturated rings. The Morgan fingerprint density at radius 3 is 2.42 bits per heavy atom. The standard InChI is InChI=1S/C14H9NO4/c16-12-7-11-9-4-2-1-3-8(9)5-6-10(11)14(17)13(12)15(18)19/h1-7,16-17H. The van der Waals surface area contributed by atoms with Gasteiger partial charge in [0, 0.05) is 5.39 Å².